The van der Waals surface area contributed by atoms with Crippen molar-refractivity contribution < 1.29 is 9.53 Å². The van der Waals surface area contributed by atoms with Crippen molar-refractivity contribution in [2.45, 2.75) is 57.0 Å². The van der Waals surface area contributed by atoms with E-state index in [0.29, 0.717) is 18.3 Å². The van der Waals surface area contributed by atoms with Crippen LogP contribution in [0.1, 0.15) is 56.0 Å². The van der Waals surface area contributed by atoms with Crippen molar-refractivity contribution in [2.24, 2.45) is 0 Å². The standard InChI is InChI=1S/C17H24N4O2/c1-12-19-14(13-5-8-18-10-13)9-15(20-12)21-11-17(23-16(21)22)6-3-2-4-7-17/h9,13,18H,2-8,10-11H2,1H3/t13-/m0/s1. The molecule has 1 atom stereocenters. The summed E-state index contributed by atoms with van der Waals surface area (Å²) in [6, 6.07) is 1.98. The smallest absolute Gasteiger partial charge is 0.416 e. The third-order valence-corrected chi connectivity index (χ3v) is 5.33. The number of nitrogens with one attached hydrogen (secondary N) is 1. The number of carbonyl (C=O) groups is 1. The largest absolute Gasteiger partial charge is 0.441 e. The Morgan fingerprint density at radius 1 is 1.30 bits per heavy atom. The van der Waals surface area contributed by atoms with E-state index in [1.165, 1.54) is 6.42 Å². The number of nitrogens with zero attached hydrogens (tertiary/aromatic N) is 3. The van der Waals surface area contributed by atoms with Gasteiger partial charge in [0.1, 0.15) is 17.2 Å². The molecule has 2 saturated heterocycles. The Morgan fingerprint density at radius 3 is 2.87 bits per heavy atom. The van der Waals surface area contributed by atoms with Gasteiger partial charge in [0, 0.05) is 18.5 Å². The van der Waals surface area contributed by atoms with Crippen molar-refractivity contribution in [3.63, 3.8) is 0 Å². The molecular weight excluding hydrogens is 292 g/mol. The second-order valence-corrected chi connectivity index (χ2v) is 7.09. The number of hydrogen-bond donors (Lipinski definition) is 1. The highest BCUT2D eigenvalue weighted by Gasteiger charge is 2.46. The van der Waals surface area contributed by atoms with Crippen LogP contribution in [0.25, 0.3) is 0 Å². The Kier molecular flexibility index (Phi) is 3.71. The lowest BCUT2D eigenvalue weighted by molar-refractivity contribution is 0.0260. The number of carbonyl (C=O) groups excluding carboxylic acids is 1. The van der Waals surface area contributed by atoms with Crippen LogP contribution >= 0.6 is 0 Å². The number of hydrogen-bond acceptors (Lipinski definition) is 5. The summed E-state index contributed by atoms with van der Waals surface area (Å²) >= 11 is 0. The van der Waals surface area contributed by atoms with E-state index in [0.717, 1.165) is 56.7 Å². The van der Waals surface area contributed by atoms with Crippen molar-refractivity contribution in [2.75, 3.05) is 24.5 Å². The molecule has 1 N–H and O–H groups in total. The summed E-state index contributed by atoms with van der Waals surface area (Å²) in [5, 5.41) is 3.37. The van der Waals surface area contributed by atoms with Crippen LogP contribution in [0.3, 0.4) is 0 Å². The zero-order valence-electron chi connectivity index (χ0n) is 13.7. The molecule has 0 radical (unpaired) electrons. The number of anilines is 1. The van der Waals surface area contributed by atoms with E-state index in [1.807, 2.05) is 13.0 Å². The second kappa shape index (κ2) is 5.74. The maximum Gasteiger partial charge on any atom is 0.416 e. The lowest BCUT2D eigenvalue weighted by Gasteiger charge is -2.30. The minimum Gasteiger partial charge on any atom is -0.441 e. The quantitative estimate of drug-likeness (QED) is 0.908. The SMILES string of the molecule is Cc1nc([C@H]2CCNC2)cc(N2CC3(CCCCC3)OC2=O)n1. The summed E-state index contributed by atoms with van der Waals surface area (Å²) in [4.78, 5) is 23.2. The van der Waals surface area contributed by atoms with Crippen LogP contribution in [-0.2, 0) is 4.74 Å². The Labute approximate surface area is 136 Å². The zero-order chi connectivity index (χ0) is 15.9. The predicted molar refractivity (Wildman–Crippen MR) is 86.6 cm³/mol. The predicted octanol–water partition coefficient (Wildman–Crippen LogP) is 2.52. The van der Waals surface area contributed by atoms with Gasteiger partial charge in [0.2, 0.25) is 0 Å². The van der Waals surface area contributed by atoms with E-state index in [-0.39, 0.29) is 11.7 Å². The monoisotopic (exact) mass is 316 g/mol. The Hall–Kier alpha value is -1.69. The summed E-state index contributed by atoms with van der Waals surface area (Å²) in [5.74, 6) is 1.84. The maximum atomic E-state index is 12.4. The van der Waals surface area contributed by atoms with Crippen molar-refractivity contribution in [1.29, 1.82) is 0 Å². The number of aromatic nitrogens is 2. The number of rotatable bonds is 2. The molecule has 6 heteroatoms. The van der Waals surface area contributed by atoms with Gasteiger partial charge in [-0.05, 0) is 45.6 Å². The molecule has 1 aromatic rings. The third-order valence-electron chi connectivity index (χ3n) is 5.33. The van der Waals surface area contributed by atoms with Crippen LogP contribution in [0, 0.1) is 6.92 Å². The molecule has 1 spiro atoms. The molecule has 0 bridgehead atoms. The van der Waals surface area contributed by atoms with Gasteiger partial charge in [0.25, 0.3) is 0 Å². The van der Waals surface area contributed by atoms with Crippen molar-refractivity contribution >= 4 is 11.9 Å². The highest BCUT2D eigenvalue weighted by Crippen LogP contribution is 2.38. The summed E-state index contributed by atoms with van der Waals surface area (Å²) in [5.41, 5.74) is 0.749. The molecule has 0 aromatic carbocycles. The summed E-state index contributed by atoms with van der Waals surface area (Å²) in [6.45, 7) is 4.50. The van der Waals surface area contributed by atoms with Crippen LogP contribution in [-0.4, -0.2) is 41.3 Å². The number of ether oxygens (including phenoxy) is 1. The molecule has 1 aliphatic carbocycles. The molecule has 1 aromatic heterocycles. The van der Waals surface area contributed by atoms with Crippen LogP contribution in [0.15, 0.2) is 6.07 Å². The van der Waals surface area contributed by atoms with Gasteiger partial charge in [-0.3, -0.25) is 4.90 Å². The van der Waals surface area contributed by atoms with Crippen LogP contribution in [0.5, 0.6) is 0 Å². The molecular formula is C17H24N4O2. The lowest BCUT2D eigenvalue weighted by Crippen LogP contribution is -2.36. The molecule has 6 nitrogen and oxygen atoms in total. The summed E-state index contributed by atoms with van der Waals surface area (Å²) in [6.07, 6.45) is 6.30. The molecule has 3 fully saturated rings. The highest BCUT2D eigenvalue weighted by atomic mass is 16.6. The van der Waals surface area contributed by atoms with E-state index in [2.05, 4.69) is 15.3 Å². The van der Waals surface area contributed by atoms with Gasteiger partial charge in [-0.1, -0.05) is 6.42 Å². The third kappa shape index (κ3) is 2.80. The fourth-order valence-electron chi connectivity index (χ4n) is 4.09. The minimum absolute atomic E-state index is 0.250. The average Bonchev–Trinajstić information content (AvgIpc) is 3.16. The van der Waals surface area contributed by atoms with E-state index in [9.17, 15) is 4.79 Å². The minimum atomic E-state index is -0.288. The van der Waals surface area contributed by atoms with Crippen LogP contribution in [0.2, 0.25) is 0 Å². The van der Waals surface area contributed by atoms with E-state index < -0.39 is 0 Å². The van der Waals surface area contributed by atoms with Gasteiger partial charge >= 0.3 is 6.09 Å². The van der Waals surface area contributed by atoms with Gasteiger partial charge in [-0.25, -0.2) is 14.8 Å². The van der Waals surface area contributed by atoms with Gasteiger partial charge in [0.15, 0.2) is 0 Å². The van der Waals surface area contributed by atoms with Gasteiger partial charge < -0.3 is 10.1 Å². The number of amides is 1. The van der Waals surface area contributed by atoms with Gasteiger partial charge in [0.05, 0.1) is 12.2 Å². The molecule has 124 valence electrons. The van der Waals surface area contributed by atoms with Crippen molar-refractivity contribution in [3.05, 3.63) is 17.6 Å². The van der Waals surface area contributed by atoms with Gasteiger partial charge in [-0.15, -0.1) is 0 Å². The molecule has 1 amide bonds. The first-order valence-corrected chi connectivity index (χ1v) is 8.72. The average molecular weight is 316 g/mol. The summed E-state index contributed by atoms with van der Waals surface area (Å²) < 4.78 is 5.78. The zero-order valence-corrected chi connectivity index (χ0v) is 13.7. The first kappa shape index (κ1) is 14.9. The van der Waals surface area contributed by atoms with Crippen LogP contribution < -0.4 is 10.2 Å². The van der Waals surface area contributed by atoms with Crippen molar-refractivity contribution in [1.82, 2.24) is 15.3 Å². The van der Waals surface area contributed by atoms with Crippen molar-refractivity contribution in [3.8, 4) is 0 Å². The van der Waals surface area contributed by atoms with E-state index >= 15 is 0 Å². The Bertz CT molecular complexity index is 607. The summed E-state index contributed by atoms with van der Waals surface area (Å²) in [7, 11) is 0. The fraction of sp³-hybridized carbons (Fsp3) is 0.706. The van der Waals surface area contributed by atoms with E-state index in [4.69, 9.17) is 4.74 Å². The van der Waals surface area contributed by atoms with Crippen LogP contribution in [0.4, 0.5) is 10.6 Å². The Morgan fingerprint density at radius 2 is 2.13 bits per heavy atom. The molecule has 1 saturated carbocycles. The number of aryl methyl sites for hydroxylation is 1. The molecule has 23 heavy (non-hydrogen) atoms. The fourth-order valence-corrected chi connectivity index (χ4v) is 4.09. The highest BCUT2D eigenvalue weighted by molar-refractivity contribution is 5.89. The first-order chi connectivity index (χ1) is 11.2. The van der Waals surface area contributed by atoms with E-state index in [1.54, 1.807) is 4.90 Å². The molecule has 3 heterocycles. The molecule has 3 aliphatic rings. The first-order valence-electron chi connectivity index (χ1n) is 8.72. The Balaban J connectivity index is 1.61. The molecule has 0 unspecified atom stereocenters. The normalized spacial score (nSPS) is 26.7. The second-order valence-electron chi connectivity index (χ2n) is 7.09. The topological polar surface area (TPSA) is 67.3 Å². The lowest BCUT2D eigenvalue weighted by atomic mass is 9.85. The molecule has 4 rings (SSSR count). The van der Waals surface area contributed by atoms with Gasteiger partial charge in [-0.2, -0.15) is 0 Å². The maximum absolute atomic E-state index is 12.4. The molecule has 2 aliphatic heterocycles.